The molecule has 0 radical (unpaired) electrons. The lowest BCUT2D eigenvalue weighted by Crippen LogP contribution is -2.32. The number of amides is 1. The van der Waals surface area contributed by atoms with Crippen molar-refractivity contribution in [2.75, 3.05) is 13.2 Å². The molecule has 3 aromatic rings. The number of carbonyl (C=O) groups excluding carboxylic acids is 1. The van der Waals surface area contributed by atoms with E-state index in [1.165, 1.54) is 0 Å². The molecule has 168 valence electrons. The summed E-state index contributed by atoms with van der Waals surface area (Å²) in [6.07, 6.45) is 0. The van der Waals surface area contributed by atoms with Crippen molar-refractivity contribution in [2.45, 2.75) is 40.3 Å². The molecule has 1 amide bonds. The van der Waals surface area contributed by atoms with Gasteiger partial charge in [-0.3, -0.25) is 4.79 Å². The number of fused-ring (bicyclic) bond motifs is 1. The highest BCUT2D eigenvalue weighted by Crippen LogP contribution is 2.34. The van der Waals surface area contributed by atoms with E-state index in [0.717, 1.165) is 28.3 Å². The third-order valence-corrected chi connectivity index (χ3v) is 5.54. The Kier molecular flexibility index (Phi) is 6.35. The number of carbonyl (C=O) groups is 1. The molecule has 7 heteroatoms. The van der Waals surface area contributed by atoms with Crippen molar-refractivity contribution >= 4 is 5.91 Å². The number of benzene rings is 2. The van der Waals surface area contributed by atoms with Crippen LogP contribution in [0.5, 0.6) is 17.2 Å². The minimum absolute atomic E-state index is 0.165. The van der Waals surface area contributed by atoms with Gasteiger partial charge in [-0.25, -0.2) is 0 Å². The number of aryl methyl sites for hydroxylation is 2. The average molecular weight is 437 g/mol. The lowest BCUT2D eigenvalue weighted by molar-refractivity contribution is 0.0924. The average Bonchev–Trinajstić information content (AvgIpc) is 3.12. The summed E-state index contributed by atoms with van der Waals surface area (Å²) in [7, 11) is 0. The normalized spacial score (nSPS) is 13.7. The summed E-state index contributed by atoms with van der Waals surface area (Å²) in [5, 5.41) is 7.10. The molecule has 2 aromatic carbocycles. The summed E-state index contributed by atoms with van der Waals surface area (Å²) in [5.74, 6) is 2.80. The van der Waals surface area contributed by atoms with Crippen LogP contribution >= 0.6 is 0 Å². The van der Waals surface area contributed by atoms with Gasteiger partial charge in [0.25, 0.3) is 5.91 Å². The number of nitrogens with one attached hydrogen (secondary N) is 1. The van der Waals surface area contributed by atoms with E-state index in [2.05, 4.69) is 24.3 Å². The van der Waals surface area contributed by atoms with Crippen molar-refractivity contribution < 1.29 is 23.5 Å². The number of rotatable bonds is 7. The summed E-state index contributed by atoms with van der Waals surface area (Å²) in [6, 6.07) is 12.8. The molecule has 0 bridgehead atoms. The minimum atomic E-state index is -0.176. The predicted octanol–water partition coefficient (Wildman–Crippen LogP) is 4.77. The lowest BCUT2D eigenvalue weighted by Gasteiger charge is -2.25. The van der Waals surface area contributed by atoms with Crippen molar-refractivity contribution in [3.05, 3.63) is 70.6 Å². The maximum atomic E-state index is 13.1. The van der Waals surface area contributed by atoms with E-state index in [9.17, 15) is 4.79 Å². The third-order valence-electron chi connectivity index (χ3n) is 5.54. The molecule has 1 aromatic heterocycles. The van der Waals surface area contributed by atoms with Crippen molar-refractivity contribution in [3.8, 4) is 17.2 Å². The van der Waals surface area contributed by atoms with E-state index in [-0.39, 0.29) is 17.9 Å². The van der Waals surface area contributed by atoms with Crippen LogP contribution in [0.15, 0.2) is 47.0 Å². The first kappa shape index (κ1) is 21.7. The standard InChI is InChI=1S/C25H28N2O5/c1-15(2)24(18-8-9-22-23(13-18)30-11-10-29-22)26-25(28)19-6-5-7-20(12-19)31-14-21-16(3)27-32-17(21)4/h5-9,12-13,15,24H,10-11,14H2,1-4H3,(H,26,28)/t24-/m1/s1. The summed E-state index contributed by atoms with van der Waals surface area (Å²) < 4.78 is 22.4. The van der Waals surface area contributed by atoms with Gasteiger partial charge in [0.1, 0.15) is 31.3 Å². The second-order valence-corrected chi connectivity index (χ2v) is 8.22. The molecule has 1 atom stereocenters. The largest absolute Gasteiger partial charge is 0.489 e. The van der Waals surface area contributed by atoms with E-state index < -0.39 is 0 Å². The molecule has 2 heterocycles. The fourth-order valence-corrected chi connectivity index (χ4v) is 3.70. The topological polar surface area (TPSA) is 82.8 Å². The van der Waals surface area contributed by atoms with Crippen LogP contribution in [0, 0.1) is 19.8 Å². The molecule has 7 nitrogen and oxygen atoms in total. The van der Waals surface area contributed by atoms with Crippen LogP contribution in [0.2, 0.25) is 0 Å². The molecule has 1 aliphatic heterocycles. The highest BCUT2D eigenvalue weighted by molar-refractivity contribution is 5.94. The van der Waals surface area contributed by atoms with Gasteiger partial charge >= 0.3 is 0 Å². The van der Waals surface area contributed by atoms with Crippen LogP contribution in [0.1, 0.15) is 52.8 Å². The van der Waals surface area contributed by atoms with Crippen molar-refractivity contribution in [1.29, 1.82) is 0 Å². The van der Waals surface area contributed by atoms with Crippen LogP contribution in [-0.2, 0) is 6.61 Å². The second kappa shape index (κ2) is 9.34. The van der Waals surface area contributed by atoms with Crippen molar-refractivity contribution in [3.63, 3.8) is 0 Å². The zero-order valence-corrected chi connectivity index (χ0v) is 18.8. The molecule has 0 unspecified atom stereocenters. The van der Waals surface area contributed by atoms with Crippen LogP contribution < -0.4 is 19.5 Å². The van der Waals surface area contributed by atoms with Gasteiger partial charge in [0.15, 0.2) is 11.5 Å². The zero-order chi connectivity index (χ0) is 22.7. The van der Waals surface area contributed by atoms with Crippen LogP contribution in [0.4, 0.5) is 0 Å². The van der Waals surface area contributed by atoms with E-state index >= 15 is 0 Å². The Bertz CT molecular complexity index is 1090. The summed E-state index contributed by atoms with van der Waals surface area (Å²) in [5.41, 5.74) is 3.22. The molecule has 0 fully saturated rings. The van der Waals surface area contributed by atoms with Crippen LogP contribution in [0.3, 0.4) is 0 Å². The van der Waals surface area contributed by atoms with Crippen molar-refractivity contribution in [1.82, 2.24) is 10.5 Å². The molecule has 0 spiro atoms. The highest BCUT2D eigenvalue weighted by Gasteiger charge is 2.22. The quantitative estimate of drug-likeness (QED) is 0.575. The summed E-state index contributed by atoms with van der Waals surface area (Å²) in [6.45, 7) is 9.28. The maximum Gasteiger partial charge on any atom is 0.251 e. The SMILES string of the molecule is Cc1noc(C)c1COc1cccc(C(=O)N[C@@H](c2ccc3c(c2)OCCO3)C(C)C)c1. The zero-order valence-electron chi connectivity index (χ0n) is 18.8. The van der Waals surface area contributed by atoms with E-state index in [1.807, 2.05) is 44.2 Å². The molecule has 4 rings (SSSR count). The molecule has 1 aliphatic rings. The molecule has 0 aliphatic carbocycles. The van der Waals surface area contributed by atoms with Gasteiger partial charge in [-0.05, 0) is 55.7 Å². The maximum absolute atomic E-state index is 13.1. The number of hydrogen-bond donors (Lipinski definition) is 1. The van der Waals surface area contributed by atoms with Gasteiger partial charge in [-0.2, -0.15) is 0 Å². The highest BCUT2D eigenvalue weighted by atomic mass is 16.6. The predicted molar refractivity (Wildman–Crippen MR) is 119 cm³/mol. The number of aromatic nitrogens is 1. The molecule has 0 saturated heterocycles. The Morgan fingerprint density at radius 2 is 1.88 bits per heavy atom. The lowest BCUT2D eigenvalue weighted by atomic mass is 9.95. The molecular formula is C25H28N2O5. The van der Waals surface area contributed by atoms with Crippen molar-refractivity contribution in [2.24, 2.45) is 5.92 Å². The second-order valence-electron chi connectivity index (χ2n) is 8.22. The first-order chi connectivity index (χ1) is 15.4. The van der Waals surface area contributed by atoms with E-state index in [1.54, 1.807) is 12.1 Å². The van der Waals surface area contributed by atoms with E-state index in [4.69, 9.17) is 18.7 Å². The number of hydrogen-bond acceptors (Lipinski definition) is 6. The van der Waals surface area contributed by atoms with Gasteiger partial charge in [-0.15, -0.1) is 0 Å². The Balaban J connectivity index is 1.47. The Hall–Kier alpha value is -3.48. The fourth-order valence-electron chi connectivity index (χ4n) is 3.70. The first-order valence-corrected chi connectivity index (χ1v) is 10.8. The van der Waals surface area contributed by atoms with E-state index in [0.29, 0.717) is 36.9 Å². The van der Waals surface area contributed by atoms with Gasteiger partial charge in [0.05, 0.1) is 17.3 Å². The van der Waals surface area contributed by atoms with Crippen LogP contribution in [0.25, 0.3) is 0 Å². The smallest absolute Gasteiger partial charge is 0.251 e. The van der Waals surface area contributed by atoms with Crippen LogP contribution in [-0.4, -0.2) is 24.3 Å². The first-order valence-electron chi connectivity index (χ1n) is 10.8. The Morgan fingerprint density at radius 3 is 2.59 bits per heavy atom. The molecular weight excluding hydrogens is 408 g/mol. The van der Waals surface area contributed by atoms with Gasteiger partial charge in [0.2, 0.25) is 0 Å². The monoisotopic (exact) mass is 436 g/mol. The van der Waals surface area contributed by atoms with Gasteiger partial charge < -0.3 is 24.1 Å². The Labute approximate surface area is 187 Å². The Morgan fingerprint density at radius 1 is 1.09 bits per heavy atom. The molecule has 32 heavy (non-hydrogen) atoms. The van der Waals surface area contributed by atoms with Gasteiger partial charge in [-0.1, -0.05) is 31.1 Å². The number of nitrogens with zero attached hydrogens (tertiary/aromatic N) is 1. The summed E-state index contributed by atoms with van der Waals surface area (Å²) >= 11 is 0. The number of ether oxygens (including phenoxy) is 3. The third kappa shape index (κ3) is 4.72. The van der Waals surface area contributed by atoms with Gasteiger partial charge in [0, 0.05) is 5.56 Å². The fraction of sp³-hybridized carbons (Fsp3) is 0.360. The molecule has 0 saturated carbocycles. The summed E-state index contributed by atoms with van der Waals surface area (Å²) in [4.78, 5) is 13.1. The molecule has 1 N–H and O–H groups in total. The minimum Gasteiger partial charge on any atom is -0.489 e.